The lowest BCUT2D eigenvalue weighted by molar-refractivity contribution is -0.384. The van der Waals surface area contributed by atoms with Crippen LogP contribution in [0.1, 0.15) is 5.56 Å². The van der Waals surface area contributed by atoms with Gasteiger partial charge in [0.05, 0.1) is 23.7 Å². The van der Waals surface area contributed by atoms with Crippen LogP contribution in [0.5, 0.6) is 17.2 Å². The lowest BCUT2D eigenvalue weighted by Gasteiger charge is -2.11. The zero-order chi connectivity index (χ0) is 15.4. The van der Waals surface area contributed by atoms with E-state index in [4.69, 9.17) is 26.3 Å². The molecule has 0 amide bonds. The van der Waals surface area contributed by atoms with Gasteiger partial charge in [-0.1, -0.05) is 11.6 Å². The molecule has 106 valence electrons. The molecule has 7 heteroatoms. The topological polar surface area (TPSA) is 85.4 Å². The van der Waals surface area contributed by atoms with Gasteiger partial charge >= 0.3 is 0 Å². The number of nitro benzene ring substituents is 1. The molecule has 0 radical (unpaired) electrons. The molecule has 0 atom stereocenters. The summed E-state index contributed by atoms with van der Waals surface area (Å²) in [6.07, 6.45) is 0. The number of nitro groups is 1. The van der Waals surface area contributed by atoms with Crippen LogP contribution in [0.3, 0.4) is 0 Å². The van der Waals surface area contributed by atoms with Crippen LogP contribution in [-0.2, 0) is 0 Å². The average molecular weight is 305 g/mol. The summed E-state index contributed by atoms with van der Waals surface area (Å²) in [5.74, 6) is 0.700. The lowest BCUT2D eigenvalue weighted by Crippen LogP contribution is -1.95. The minimum absolute atomic E-state index is 0.140. The number of halogens is 1. The molecule has 0 heterocycles. The Balaban J connectivity index is 2.45. The minimum Gasteiger partial charge on any atom is -0.493 e. The normalized spacial score (nSPS) is 9.76. The molecule has 0 saturated carbocycles. The zero-order valence-electron chi connectivity index (χ0n) is 10.9. The highest BCUT2D eigenvalue weighted by molar-refractivity contribution is 6.30. The smallest absolute Gasteiger partial charge is 0.273 e. The number of nitrogens with zero attached hydrogens (tertiary/aromatic N) is 2. The molecule has 6 nitrogen and oxygen atoms in total. The molecule has 0 N–H and O–H groups in total. The maximum atomic E-state index is 10.8. The summed E-state index contributed by atoms with van der Waals surface area (Å²) in [7, 11) is 1.42. The molecule has 0 aromatic heterocycles. The van der Waals surface area contributed by atoms with Gasteiger partial charge in [0.1, 0.15) is 11.8 Å². The predicted octanol–water partition coefficient (Wildman–Crippen LogP) is 3.92. The Labute approximate surface area is 125 Å². The third kappa shape index (κ3) is 3.22. The van der Waals surface area contributed by atoms with Gasteiger partial charge in [0.25, 0.3) is 5.69 Å². The van der Waals surface area contributed by atoms with E-state index in [1.165, 1.54) is 37.4 Å². The molecular formula is C14H9ClN2O4. The third-order valence-electron chi connectivity index (χ3n) is 2.64. The van der Waals surface area contributed by atoms with Crippen molar-refractivity contribution in [1.29, 1.82) is 5.26 Å². The van der Waals surface area contributed by atoms with E-state index in [9.17, 15) is 10.1 Å². The molecule has 2 aromatic carbocycles. The van der Waals surface area contributed by atoms with Gasteiger partial charge in [-0.2, -0.15) is 5.26 Å². The Morgan fingerprint density at radius 1 is 1.19 bits per heavy atom. The number of nitriles is 1. The van der Waals surface area contributed by atoms with Crippen molar-refractivity contribution in [3.05, 3.63) is 57.1 Å². The van der Waals surface area contributed by atoms with Crippen molar-refractivity contribution in [1.82, 2.24) is 0 Å². The van der Waals surface area contributed by atoms with E-state index in [1.807, 2.05) is 6.07 Å². The summed E-state index contributed by atoms with van der Waals surface area (Å²) >= 11 is 5.80. The van der Waals surface area contributed by atoms with Crippen molar-refractivity contribution in [2.75, 3.05) is 7.11 Å². The molecular weight excluding hydrogens is 296 g/mol. The monoisotopic (exact) mass is 304 g/mol. The molecule has 2 aromatic rings. The molecule has 21 heavy (non-hydrogen) atoms. The van der Waals surface area contributed by atoms with Crippen molar-refractivity contribution in [2.24, 2.45) is 0 Å². The molecule has 0 bridgehead atoms. The van der Waals surface area contributed by atoms with Crippen LogP contribution < -0.4 is 9.47 Å². The quantitative estimate of drug-likeness (QED) is 0.631. The van der Waals surface area contributed by atoms with Gasteiger partial charge in [0.15, 0.2) is 11.5 Å². The fraction of sp³-hybridized carbons (Fsp3) is 0.0714. The number of non-ortho nitro benzene ring substituents is 1. The van der Waals surface area contributed by atoms with Crippen LogP contribution in [0.15, 0.2) is 36.4 Å². The minimum atomic E-state index is -0.542. The highest BCUT2D eigenvalue weighted by Gasteiger charge is 2.15. The van der Waals surface area contributed by atoms with Crippen molar-refractivity contribution in [2.45, 2.75) is 0 Å². The van der Waals surface area contributed by atoms with Gasteiger partial charge in [-0.3, -0.25) is 10.1 Å². The first-order valence-corrected chi connectivity index (χ1v) is 6.13. The first-order chi connectivity index (χ1) is 10.0. The van der Waals surface area contributed by atoms with Gasteiger partial charge in [-0.25, -0.2) is 0 Å². The SMILES string of the molecule is COc1ccc([N+](=O)[O-])cc1Oc1ccc(Cl)cc1C#N. The van der Waals surface area contributed by atoms with Crippen molar-refractivity contribution >= 4 is 17.3 Å². The van der Waals surface area contributed by atoms with Gasteiger partial charge in [-0.15, -0.1) is 0 Å². The standard InChI is InChI=1S/C14H9ClN2O4/c1-20-13-5-3-11(17(18)19)7-14(13)21-12-4-2-10(15)6-9(12)8-16/h2-7H,1H3. The first kappa shape index (κ1) is 14.6. The second-order valence-corrected chi connectivity index (χ2v) is 4.38. The Morgan fingerprint density at radius 3 is 2.52 bits per heavy atom. The molecule has 2 rings (SSSR count). The van der Waals surface area contributed by atoms with Crippen LogP contribution in [-0.4, -0.2) is 12.0 Å². The highest BCUT2D eigenvalue weighted by Crippen LogP contribution is 2.36. The van der Waals surface area contributed by atoms with E-state index in [0.717, 1.165) is 0 Å². The summed E-state index contributed by atoms with van der Waals surface area (Å²) in [5.41, 5.74) is 0.0781. The first-order valence-electron chi connectivity index (χ1n) is 5.75. The summed E-state index contributed by atoms with van der Waals surface area (Å²) in [6, 6.07) is 10.4. The number of rotatable bonds is 4. The fourth-order valence-corrected chi connectivity index (χ4v) is 1.83. The van der Waals surface area contributed by atoms with Crippen molar-refractivity contribution in [3.63, 3.8) is 0 Å². The van der Waals surface area contributed by atoms with Crippen LogP contribution in [0.4, 0.5) is 5.69 Å². The maximum Gasteiger partial charge on any atom is 0.273 e. The van der Waals surface area contributed by atoms with E-state index in [-0.39, 0.29) is 22.7 Å². The highest BCUT2D eigenvalue weighted by atomic mass is 35.5. The van der Waals surface area contributed by atoms with E-state index < -0.39 is 4.92 Å². The van der Waals surface area contributed by atoms with Gasteiger partial charge in [0.2, 0.25) is 0 Å². The van der Waals surface area contributed by atoms with Crippen molar-refractivity contribution in [3.8, 4) is 23.3 Å². The molecule has 0 aliphatic rings. The largest absolute Gasteiger partial charge is 0.493 e. The second kappa shape index (κ2) is 6.11. The third-order valence-corrected chi connectivity index (χ3v) is 2.88. The number of hydrogen-bond acceptors (Lipinski definition) is 5. The van der Waals surface area contributed by atoms with E-state index in [0.29, 0.717) is 10.8 Å². The molecule has 0 aliphatic carbocycles. The summed E-state index contributed by atoms with van der Waals surface area (Å²) in [5, 5.41) is 20.3. The average Bonchev–Trinajstić information content (AvgIpc) is 2.48. The van der Waals surface area contributed by atoms with Crippen LogP contribution >= 0.6 is 11.6 Å². The number of hydrogen-bond donors (Lipinski definition) is 0. The molecule has 0 spiro atoms. The number of benzene rings is 2. The number of ether oxygens (including phenoxy) is 2. The molecule has 0 saturated heterocycles. The van der Waals surface area contributed by atoms with Gasteiger partial charge < -0.3 is 9.47 Å². The van der Waals surface area contributed by atoms with E-state index in [2.05, 4.69) is 0 Å². The van der Waals surface area contributed by atoms with E-state index in [1.54, 1.807) is 6.07 Å². The molecule has 0 unspecified atom stereocenters. The molecule has 0 aliphatic heterocycles. The summed E-state index contributed by atoms with van der Waals surface area (Å²) in [6.45, 7) is 0. The summed E-state index contributed by atoms with van der Waals surface area (Å²) < 4.78 is 10.7. The lowest BCUT2D eigenvalue weighted by atomic mass is 10.2. The Morgan fingerprint density at radius 2 is 1.90 bits per heavy atom. The Hall–Kier alpha value is -2.78. The van der Waals surface area contributed by atoms with Crippen molar-refractivity contribution < 1.29 is 14.4 Å². The maximum absolute atomic E-state index is 10.8. The summed E-state index contributed by atoms with van der Waals surface area (Å²) in [4.78, 5) is 10.3. The Bertz CT molecular complexity index is 740. The Kier molecular flexibility index (Phi) is 4.26. The van der Waals surface area contributed by atoms with Crippen LogP contribution in [0, 0.1) is 21.4 Å². The van der Waals surface area contributed by atoms with Gasteiger partial charge in [-0.05, 0) is 24.3 Å². The predicted molar refractivity (Wildman–Crippen MR) is 75.9 cm³/mol. The zero-order valence-corrected chi connectivity index (χ0v) is 11.6. The van der Waals surface area contributed by atoms with Crippen LogP contribution in [0.2, 0.25) is 5.02 Å². The molecule has 0 fully saturated rings. The fourth-order valence-electron chi connectivity index (χ4n) is 1.66. The second-order valence-electron chi connectivity index (χ2n) is 3.95. The van der Waals surface area contributed by atoms with E-state index >= 15 is 0 Å². The van der Waals surface area contributed by atoms with Crippen LogP contribution in [0.25, 0.3) is 0 Å². The van der Waals surface area contributed by atoms with Gasteiger partial charge in [0, 0.05) is 11.1 Å². The number of methoxy groups -OCH3 is 1.